The van der Waals surface area contributed by atoms with Crippen LogP contribution in [0, 0.1) is 0 Å². The van der Waals surface area contributed by atoms with Crippen LogP contribution in [-0.4, -0.2) is 28.6 Å². The molecule has 1 N–H and O–H groups in total. The van der Waals surface area contributed by atoms with E-state index in [1.807, 2.05) is 4.90 Å². The lowest BCUT2D eigenvalue weighted by atomic mass is 9.84. The summed E-state index contributed by atoms with van der Waals surface area (Å²) >= 11 is 0. The summed E-state index contributed by atoms with van der Waals surface area (Å²) in [6, 6.07) is 6.31. The molecule has 1 heterocycles. The maximum absolute atomic E-state index is 12.3. The lowest BCUT2D eigenvalue weighted by Crippen LogP contribution is -2.44. The standard InChI is InChI=1S/C18H25NO2/c1-4-12-8-9-14-13(11-12)16(17(21)18(14,2)3)19-10-6-5-7-15(19)20/h8-9,11,16-17,21H,4-7,10H2,1-3H3/t16-,17+/m0/s1. The Morgan fingerprint density at radius 1 is 1.33 bits per heavy atom. The van der Waals surface area contributed by atoms with Crippen molar-refractivity contribution in [2.45, 2.75) is 64.0 Å². The molecule has 1 aliphatic carbocycles. The summed E-state index contributed by atoms with van der Waals surface area (Å²) in [5, 5.41) is 10.9. The normalized spacial score (nSPS) is 27.8. The van der Waals surface area contributed by atoms with E-state index in [0.29, 0.717) is 6.42 Å². The fraction of sp³-hybridized carbons (Fsp3) is 0.611. The molecule has 1 aromatic rings. The summed E-state index contributed by atoms with van der Waals surface area (Å²) in [4.78, 5) is 14.2. The molecule has 1 saturated heterocycles. The predicted octanol–water partition coefficient (Wildman–Crippen LogP) is 2.95. The summed E-state index contributed by atoms with van der Waals surface area (Å²) in [6.07, 6.45) is 3.08. The van der Waals surface area contributed by atoms with E-state index < -0.39 is 6.10 Å². The van der Waals surface area contributed by atoms with Crippen LogP contribution >= 0.6 is 0 Å². The summed E-state index contributed by atoms with van der Waals surface area (Å²) in [5.74, 6) is 0.191. The van der Waals surface area contributed by atoms with Crippen molar-refractivity contribution < 1.29 is 9.90 Å². The predicted molar refractivity (Wildman–Crippen MR) is 83.2 cm³/mol. The van der Waals surface area contributed by atoms with E-state index in [4.69, 9.17) is 0 Å². The van der Waals surface area contributed by atoms with E-state index >= 15 is 0 Å². The van der Waals surface area contributed by atoms with Gasteiger partial charge in [-0.3, -0.25) is 4.79 Å². The van der Waals surface area contributed by atoms with E-state index in [-0.39, 0.29) is 17.4 Å². The van der Waals surface area contributed by atoms with Crippen LogP contribution in [0.5, 0.6) is 0 Å². The molecule has 0 aromatic heterocycles. The largest absolute Gasteiger partial charge is 0.390 e. The molecule has 1 aromatic carbocycles. The van der Waals surface area contributed by atoms with E-state index in [1.165, 1.54) is 11.1 Å². The minimum absolute atomic E-state index is 0.172. The maximum Gasteiger partial charge on any atom is 0.223 e. The molecule has 0 radical (unpaired) electrons. The highest BCUT2D eigenvalue weighted by Gasteiger charge is 2.49. The Bertz CT molecular complexity index is 564. The first-order chi connectivity index (χ1) is 9.96. The average Bonchev–Trinajstić information content (AvgIpc) is 2.67. The summed E-state index contributed by atoms with van der Waals surface area (Å²) in [7, 11) is 0. The highest BCUT2D eigenvalue weighted by molar-refractivity contribution is 5.78. The van der Waals surface area contributed by atoms with Crippen molar-refractivity contribution in [1.82, 2.24) is 4.90 Å². The number of aliphatic hydroxyl groups excluding tert-OH is 1. The molecule has 0 unspecified atom stereocenters. The number of aliphatic hydroxyl groups is 1. The van der Waals surface area contributed by atoms with Crippen LogP contribution in [0.4, 0.5) is 0 Å². The first-order valence-electron chi connectivity index (χ1n) is 8.07. The molecule has 1 fully saturated rings. The van der Waals surface area contributed by atoms with Gasteiger partial charge in [0.15, 0.2) is 0 Å². The number of hydrogen-bond acceptors (Lipinski definition) is 2. The Kier molecular flexibility index (Phi) is 3.56. The fourth-order valence-corrected chi connectivity index (χ4v) is 3.85. The molecule has 3 rings (SSSR count). The molecule has 2 atom stereocenters. The van der Waals surface area contributed by atoms with Crippen LogP contribution in [0.3, 0.4) is 0 Å². The zero-order chi connectivity index (χ0) is 15.2. The summed E-state index contributed by atoms with van der Waals surface area (Å²) in [5.41, 5.74) is 3.31. The molecular weight excluding hydrogens is 262 g/mol. The second-order valence-electron chi connectivity index (χ2n) is 6.93. The van der Waals surface area contributed by atoms with Gasteiger partial charge in [0.2, 0.25) is 5.91 Å². The van der Waals surface area contributed by atoms with Gasteiger partial charge in [0, 0.05) is 18.4 Å². The highest BCUT2D eigenvalue weighted by atomic mass is 16.3. The SMILES string of the molecule is CCc1ccc2c(c1)[C@H](N1CCCCC1=O)[C@@H](O)C2(C)C. The number of amides is 1. The first kappa shape index (κ1) is 14.6. The molecule has 2 aliphatic rings. The van der Waals surface area contributed by atoms with Crippen molar-refractivity contribution in [2.75, 3.05) is 6.54 Å². The Hall–Kier alpha value is -1.35. The molecule has 3 nitrogen and oxygen atoms in total. The van der Waals surface area contributed by atoms with Crippen LogP contribution in [-0.2, 0) is 16.6 Å². The quantitative estimate of drug-likeness (QED) is 0.908. The minimum Gasteiger partial charge on any atom is -0.390 e. The van der Waals surface area contributed by atoms with Gasteiger partial charge in [-0.05, 0) is 36.0 Å². The number of hydrogen-bond donors (Lipinski definition) is 1. The third-order valence-corrected chi connectivity index (χ3v) is 5.27. The third kappa shape index (κ3) is 2.18. The zero-order valence-electron chi connectivity index (χ0n) is 13.2. The van der Waals surface area contributed by atoms with Crippen LogP contribution < -0.4 is 0 Å². The van der Waals surface area contributed by atoms with Gasteiger partial charge in [-0.1, -0.05) is 39.0 Å². The molecule has 114 valence electrons. The number of aryl methyl sites for hydroxylation is 1. The van der Waals surface area contributed by atoms with Gasteiger partial charge >= 0.3 is 0 Å². The Morgan fingerprint density at radius 2 is 2.10 bits per heavy atom. The maximum atomic E-state index is 12.3. The first-order valence-corrected chi connectivity index (χ1v) is 8.07. The number of nitrogens with zero attached hydrogens (tertiary/aromatic N) is 1. The average molecular weight is 287 g/mol. The topological polar surface area (TPSA) is 40.5 Å². The van der Waals surface area contributed by atoms with Crippen molar-refractivity contribution >= 4 is 5.91 Å². The van der Waals surface area contributed by atoms with Crippen LogP contribution in [0.25, 0.3) is 0 Å². The van der Waals surface area contributed by atoms with E-state index in [0.717, 1.165) is 31.4 Å². The van der Waals surface area contributed by atoms with Gasteiger partial charge in [0.25, 0.3) is 0 Å². The van der Waals surface area contributed by atoms with E-state index in [2.05, 4.69) is 39.0 Å². The molecule has 1 amide bonds. The van der Waals surface area contributed by atoms with Gasteiger partial charge in [-0.2, -0.15) is 0 Å². The molecule has 21 heavy (non-hydrogen) atoms. The summed E-state index contributed by atoms with van der Waals surface area (Å²) in [6.45, 7) is 7.07. The number of benzene rings is 1. The molecule has 0 saturated carbocycles. The highest BCUT2D eigenvalue weighted by Crippen LogP contribution is 2.48. The van der Waals surface area contributed by atoms with Gasteiger partial charge in [-0.25, -0.2) is 0 Å². The second kappa shape index (κ2) is 5.13. The smallest absolute Gasteiger partial charge is 0.223 e. The Balaban J connectivity index is 2.07. The van der Waals surface area contributed by atoms with Crippen LogP contribution in [0.1, 0.15) is 62.8 Å². The fourth-order valence-electron chi connectivity index (χ4n) is 3.85. The van der Waals surface area contributed by atoms with Gasteiger partial charge in [-0.15, -0.1) is 0 Å². The molecule has 1 aliphatic heterocycles. The van der Waals surface area contributed by atoms with Crippen molar-refractivity contribution in [3.05, 3.63) is 34.9 Å². The number of carbonyl (C=O) groups is 1. The van der Waals surface area contributed by atoms with Crippen molar-refractivity contribution in [3.8, 4) is 0 Å². The minimum atomic E-state index is -0.526. The van der Waals surface area contributed by atoms with Gasteiger partial charge in [0.05, 0.1) is 12.1 Å². The Morgan fingerprint density at radius 3 is 2.76 bits per heavy atom. The lowest BCUT2D eigenvalue weighted by molar-refractivity contribution is -0.139. The number of fused-ring (bicyclic) bond motifs is 1. The molecule has 3 heteroatoms. The van der Waals surface area contributed by atoms with E-state index in [1.54, 1.807) is 0 Å². The number of likely N-dealkylation sites (tertiary alicyclic amines) is 1. The second-order valence-corrected chi connectivity index (χ2v) is 6.93. The van der Waals surface area contributed by atoms with Crippen molar-refractivity contribution in [3.63, 3.8) is 0 Å². The monoisotopic (exact) mass is 287 g/mol. The molecular formula is C18H25NO2. The van der Waals surface area contributed by atoms with Crippen LogP contribution in [0.15, 0.2) is 18.2 Å². The number of carbonyl (C=O) groups excluding carboxylic acids is 1. The van der Waals surface area contributed by atoms with Gasteiger partial charge in [0.1, 0.15) is 0 Å². The molecule has 0 spiro atoms. The summed E-state index contributed by atoms with van der Waals surface area (Å²) < 4.78 is 0. The number of piperidine rings is 1. The van der Waals surface area contributed by atoms with Crippen molar-refractivity contribution in [2.24, 2.45) is 0 Å². The molecule has 0 bridgehead atoms. The third-order valence-electron chi connectivity index (χ3n) is 5.27. The van der Waals surface area contributed by atoms with Crippen LogP contribution in [0.2, 0.25) is 0 Å². The van der Waals surface area contributed by atoms with E-state index in [9.17, 15) is 9.90 Å². The van der Waals surface area contributed by atoms with Crippen molar-refractivity contribution in [1.29, 1.82) is 0 Å². The number of rotatable bonds is 2. The van der Waals surface area contributed by atoms with Gasteiger partial charge < -0.3 is 10.0 Å². The zero-order valence-corrected chi connectivity index (χ0v) is 13.2. The Labute approximate surface area is 127 Å². The lowest BCUT2D eigenvalue weighted by Gasteiger charge is -2.37.